The van der Waals surface area contributed by atoms with E-state index >= 15 is 0 Å². The van der Waals surface area contributed by atoms with Gasteiger partial charge in [-0.05, 0) is 43.5 Å². The molecule has 1 aromatic carbocycles. The molecule has 0 heterocycles. The first-order chi connectivity index (χ1) is 9.12. The summed E-state index contributed by atoms with van der Waals surface area (Å²) in [6.07, 6.45) is 2.08. The molecule has 0 aromatic heterocycles. The van der Waals surface area contributed by atoms with Gasteiger partial charge in [0.05, 0.1) is 14.2 Å². The molecule has 0 fully saturated rings. The van der Waals surface area contributed by atoms with Gasteiger partial charge in [-0.15, -0.1) is 0 Å². The molecule has 0 bridgehead atoms. The quantitative estimate of drug-likeness (QED) is 0.737. The summed E-state index contributed by atoms with van der Waals surface area (Å²) in [4.78, 5) is 11.3. The van der Waals surface area contributed by atoms with Crippen LogP contribution in [-0.2, 0) is 11.2 Å². The van der Waals surface area contributed by atoms with E-state index in [1.807, 2.05) is 18.2 Å². The highest BCUT2D eigenvalue weighted by atomic mass is 16.5. The van der Waals surface area contributed by atoms with Crippen molar-refractivity contribution in [2.24, 2.45) is 17.4 Å². The summed E-state index contributed by atoms with van der Waals surface area (Å²) in [7, 11) is 3.20. The second kappa shape index (κ2) is 7.63. The third-order valence-electron chi connectivity index (χ3n) is 3.15. The van der Waals surface area contributed by atoms with Crippen molar-refractivity contribution in [2.45, 2.75) is 19.3 Å². The fourth-order valence-electron chi connectivity index (χ4n) is 2.01. The van der Waals surface area contributed by atoms with Crippen molar-refractivity contribution in [3.8, 4) is 11.5 Å². The fourth-order valence-corrected chi connectivity index (χ4v) is 2.01. The predicted molar refractivity (Wildman–Crippen MR) is 74.2 cm³/mol. The molecule has 1 atom stereocenters. The largest absolute Gasteiger partial charge is 0.493 e. The lowest BCUT2D eigenvalue weighted by atomic mass is 9.96. The van der Waals surface area contributed by atoms with E-state index < -0.39 is 0 Å². The van der Waals surface area contributed by atoms with Crippen LogP contribution in [0.4, 0.5) is 0 Å². The van der Waals surface area contributed by atoms with Crippen molar-refractivity contribution in [3.63, 3.8) is 0 Å². The van der Waals surface area contributed by atoms with Crippen LogP contribution < -0.4 is 20.9 Å². The number of carbonyl (C=O) groups is 1. The van der Waals surface area contributed by atoms with Crippen molar-refractivity contribution in [1.29, 1.82) is 0 Å². The number of methoxy groups -OCH3 is 2. The second-order valence-corrected chi connectivity index (χ2v) is 4.40. The average Bonchev–Trinajstić information content (AvgIpc) is 2.42. The van der Waals surface area contributed by atoms with E-state index in [0.717, 1.165) is 12.0 Å². The lowest BCUT2D eigenvalue weighted by molar-refractivity contribution is -0.122. The topological polar surface area (TPSA) is 87.6 Å². The van der Waals surface area contributed by atoms with E-state index in [-0.39, 0.29) is 11.8 Å². The standard InChI is InChI=1S/C14H22N2O3/c1-18-12-6-4-10(9-13(12)19-2)3-5-11(7-8-15)14(16)17/h4,6,9,11H,3,5,7-8,15H2,1-2H3,(H2,16,17). The zero-order valence-electron chi connectivity index (χ0n) is 11.5. The Hall–Kier alpha value is -1.75. The number of hydrogen-bond donors (Lipinski definition) is 2. The van der Waals surface area contributed by atoms with Crippen molar-refractivity contribution in [2.75, 3.05) is 20.8 Å². The fraction of sp³-hybridized carbons (Fsp3) is 0.500. The Morgan fingerprint density at radius 3 is 2.42 bits per heavy atom. The number of amides is 1. The minimum absolute atomic E-state index is 0.168. The average molecular weight is 266 g/mol. The first-order valence-electron chi connectivity index (χ1n) is 6.32. The van der Waals surface area contributed by atoms with Crippen LogP contribution in [0, 0.1) is 5.92 Å². The molecule has 0 saturated heterocycles. The Kier molecular flexibility index (Phi) is 6.15. The monoisotopic (exact) mass is 266 g/mol. The Morgan fingerprint density at radius 2 is 1.89 bits per heavy atom. The normalized spacial score (nSPS) is 11.9. The molecule has 0 saturated carbocycles. The zero-order valence-corrected chi connectivity index (χ0v) is 11.5. The molecular formula is C14H22N2O3. The van der Waals surface area contributed by atoms with Gasteiger partial charge in [0.2, 0.25) is 5.91 Å². The van der Waals surface area contributed by atoms with E-state index in [9.17, 15) is 4.79 Å². The molecule has 0 spiro atoms. The van der Waals surface area contributed by atoms with E-state index in [0.29, 0.717) is 30.9 Å². The number of hydrogen-bond acceptors (Lipinski definition) is 4. The van der Waals surface area contributed by atoms with Crippen LogP contribution in [0.1, 0.15) is 18.4 Å². The number of aryl methyl sites for hydroxylation is 1. The maximum atomic E-state index is 11.3. The summed E-state index contributed by atoms with van der Waals surface area (Å²) in [6.45, 7) is 0.472. The van der Waals surface area contributed by atoms with Gasteiger partial charge in [0.1, 0.15) is 0 Å². The molecule has 4 N–H and O–H groups in total. The molecule has 1 aromatic rings. The summed E-state index contributed by atoms with van der Waals surface area (Å²) in [5, 5.41) is 0. The number of primary amides is 1. The molecular weight excluding hydrogens is 244 g/mol. The van der Waals surface area contributed by atoms with Crippen LogP contribution in [0.3, 0.4) is 0 Å². The van der Waals surface area contributed by atoms with Crippen molar-refractivity contribution >= 4 is 5.91 Å². The van der Waals surface area contributed by atoms with E-state index in [2.05, 4.69) is 0 Å². The van der Waals surface area contributed by atoms with Gasteiger partial charge in [0.15, 0.2) is 11.5 Å². The number of carbonyl (C=O) groups excluding carboxylic acids is 1. The van der Waals surface area contributed by atoms with Gasteiger partial charge in [-0.2, -0.15) is 0 Å². The Labute approximate surface area is 113 Å². The van der Waals surface area contributed by atoms with Crippen LogP contribution in [0.15, 0.2) is 18.2 Å². The van der Waals surface area contributed by atoms with Gasteiger partial charge in [0, 0.05) is 5.92 Å². The minimum Gasteiger partial charge on any atom is -0.493 e. The lowest BCUT2D eigenvalue weighted by Crippen LogP contribution is -2.26. The Balaban J connectivity index is 2.69. The number of ether oxygens (including phenoxy) is 2. The number of benzene rings is 1. The van der Waals surface area contributed by atoms with Crippen LogP contribution in [0.2, 0.25) is 0 Å². The van der Waals surface area contributed by atoms with Crippen molar-refractivity contribution < 1.29 is 14.3 Å². The third kappa shape index (κ3) is 4.44. The molecule has 1 rings (SSSR count). The van der Waals surface area contributed by atoms with Gasteiger partial charge in [-0.3, -0.25) is 4.79 Å². The minimum atomic E-state index is -0.286. The van der Waals surface area contributed by atoms with Crippen LogP contribution in [-0.4, -0.2) is 26.7 Å². The maximum Gasteiger partial charge on any atom is 0.220 e. The maximum absolute atomic E-state index is 11.3. The molecule has 0 aliphatic carbocycles. The molecule has 5 heteroatoms. The Morgan fingerprint density at radius 1 is 1.21 bits per heavy atom. The van der Waals surface area contributed by atoms with E-state index in [1.165, 1.54) is 0 Å². The van der Waals surface area contributed by atoms with Crippen molar-refractivity contribution in [3.05, 3.63) is 23.8 Å². The van der Waals surface area contributed by atoms with Gasteiger partial charge >= 0.3 is 0 Å². The molecule has 0 aliphatic heterocycles. The molecule has 0 radical (unpaired) electrons. The number of nitrogens with two attached hydrogens (primary N) is 2. The highest BCUT2D eigenvalue weighted by Crippen LogP contribution is 2.28. The molecule has 19 heavy (non-hydrogen) atoms. The highest BCUT2D eigenvalue weighted by molar-refractivity contribution is 5.76. The summed E-state index contributed by atoms with van der Waals surface area (Å²) in [5.41, 5.74) is 11.9. The SMILES string of the molecule is COc1ccc(CCC(CCN)C(N)=O)cc1OC. The van der Waals surface area contributed by atoms with Crippen LogP contribution in [0.25, 0.3) is 0 Å². The first kappa shape index (κ1) is 15.3. The van der Waals surface area contributed by atoms with E-state index in [1.54, 1.807) is 14.2 Å². The first-order valence-corrected chi connectivity index (χ1v) is 6.32. The summed E-state index contributed by atoms with van der Waals surface area (Å²) >= 11 is 0. The lowest BCUT2D eigenvalue weighted by Gasteiger charge is -2.13. The molecule has 106 valence electrons. The van der Waals surface area contributed by atoms with E-state index in [4.69, 9.17) is 20.9 Å². The number of rotatable bonds is 8. The second-order valence-electron chi connectivity index (χ2n) is 4.40. The van der Waals surface area contributed by atoms with Crippen LogP contribution in [0.5, 0.6) is 11.5 Å². The molecule has 0 aliphatic rings. The van der Waals surface area contributed by atoms with Crippen molar-refractivity contribution in [1.82, 2.24) is 0 Å². The molecule has 1 unspecified atom stereocenters. The molecule has 1 amide bonds. The highest BCUT2D eigenvalue weighted by Gasteiger charge is 2.14. The Bertz CT molecular complexity index is 421. The smallest absolute Gasteiger partial charge is 0.220 e. The zero-order chi connectivity index (χ0) is 14.3. The van der Waals surface area contributed by atoms with Gasteiger partial charge in [0.25, 0.3) is 0 Å². The summed E-state index contributed by atoms with van der Waals surface area (Å²) < 4.78 is 10.4. The van der Waals surface area contributed by atoms with Gasteiger partial charge < -0.3 is 20.9 Å². The predicted octanol–water partition coefficient (Wildman–Crippen LogP) is 1.09. The third-order valence-corrected chi connectivity index (χ3v) is 3.15. The van der Waals surface area contributed by atoms with Gasteiger partial charge in [-0.25, -0.2) is 0 Å². The van der Waals surface area contributed by atoms with Crippen LogP contribution >= 0.6 is 0 Å². The molecule has 5 nitrogen and oxygen atoms in total. The van der Waals surface area contributed by atoms with Gasteiger partial charge in [-0.1, -0.05) is 6.07 Å². The summed E-state index contributed by atoms with van der Waals surface area (Å²) in [6, 6.07) is 5.73. The summed E-state index contributed by atoms with van der Waals surface area (Å²) in [5.74, 6) is 0.929.